The molecule has 0 radical (unpaired) electrons. The van der Waals surface area contributed by atoms with Crippen molar-refractivity contribution in [1.82, 2.24) is 10.2 Å². The molecule has 1 heterocycles. The first-order valence-corrected chi connectivity index (χ1v) is 8.48. The van der Waals surface area contributed by atoms with Gasteiger partial charge in [-0.25, -0.2) is 0 Å². The van der Waals surface area contributed by atoms with Gasteiger partial charge < -0.3 is 24.8 Å². The lowest BCUT2D eigenvalue weighted by Crippen LogP contribution is -2.21. The van der Waals surface area contributed by atoms with Gasteiger partial charge in [0.25, 0.3) is 5.91 Å². The fraction of sp³-hybridized carbons (Fsp3) is 0.150. The third-order valence-corrected chi connectivity index (χ3v) is 3.70. The Morgan fingerprint density at radius 1 is 0.893 bits per heavy atom. The van der Waals surface area contributed by atoms with Gasteiger partial charge in [-0.15, -0.1) is 10.2 Å². The molecule has 0 aliphatic carbocycles. The number of methoxy groups -OCH3 is 2. The van der Waals surface area contributed by atoms with Crippen LogP contribution in [0.5, 0.6) is 17.2 Å². The van der Waals surface area contributed by atoms with Gasteiger partial charge >= 0.3 is 0 Å². The Morgan fingerprint density at radius 2 is 1.61 bits per heavy atom. The van der Waals surface area contributed by atoms with E-state index in [0.717, 1.165) is 5.69 Å². The Morgan fingerprint density at radius 3 is 2.29 bits per heavy atom. The van der Waals surface area contributed by atoms with Gasteiger partial charge in [0.2, 0.25) is 0 Å². The lowest BCUT2D eigenvalue weighted by molar-refractivity contribution is -0.118. The monoisotopic (exact) mass is 380 g/mol. The summed E-state index contributed by atoms with van der Waals surface area (Å²) in [7, 11) is 3.15. The molecule has 1 amide bonds. The van der Waals surface area contributed by atoms with Crippen LogP contribution in [0, 0.1) is 0 Å². The zero-order valence-electron chi connectivity index (χ0n) is 15.5. The Kier molecular flexibility index (Phi) is 6.25. The highest BCUT2D eigenvalue weighted by Gasteiger charge is 2.07. The van der Waals surface area contributed by atoms with E-state index < -0.39 is 0 Å². The highest BCUT2D eigenvalue weighted by atomic mass is 16.5. The summed E-state index contributed by atoms with van der Waals surface area (Å²) in [6.07, 6.45) is 0. The topological polar surface area (TPSA) is 94.6 Å². The SMILES string of the molecule is COc1ccc(Nc2ccc(NC(=O)COc3ccccc3)nn2)cc1OC. The molecule has 3 aromatic rings. The van der Waals surface area contributed by atoms with Gasteiger partial charge in [0.15, 0.2) is 29.7 Å². The minimum atomic E-state index is -0.321. The number of ether oxygens (including phenoxy) is 3. The zero-order chi connectivity index (χ0) is 19.8. The second kappa shape index (κ2) is 9.22. The molecule has 0 fully saturated rings. The molecule has 1 aromatic heterocycles. The molecule has 144 valence electrons. The predicted molar refractivity (Wildman–Crippen MR) is 105 cm³/mol. The summed E-state index contributed by atoms with van der Waals surface area (Å²) in [6, 6.07) is 17.9. The summed E-state index contributed by atoms with van der Waals surface area (Å²) in [5.41, 5.74) is 0.764. The van der Waals surface area contributed by atoms with Gasteiger partial charge in [0.05, 0.1) is 14.2 Å². The van der Waals surface area contributed by atoms with E-state index in [2.05, 4.69) is 20.8 Å². The van der Waals surface area contributed by atoms with Crippen molar-refractivity contribution in [2.24, 2.45) is 0 Å². The first-order chi connectivity index (χ1) is 13.7. The van der Waals surface area contributed by atoms with Crippen molar-refractivity contribution >= 4 is 23.2 Å². The van der Waals surface area contributed by atoms with Crippen LogP contribution in [0.3, 0.4) is 0 Å². The summed E-state index contributed by atoms with van der Waals surface area (Å²) in [5.74, 6) is 2.39. The minimum absolute atomic E-state index is 0.114. The average Bonchev–Trinajstić information content (AvgIpc) is 2.74. The molecule has 0 aliphatic rings. The molecule has 3 rings (SSSR count). The molecule has 2 N–H and O–H groups in total. The highest BCUT2D eigenvalue weighted by molar-refractivity contribution is 5.90. The van der Waals surface area contributed by atoms with Gasteiger partial charge in [0.1, 0.15) is 5.75 Å². The van der Waals surface area contributed by atoms with Gasteiger partial charge in [-0.3, -0.25) is 4.79 Å². The van der Waals surface area contributed by atoms with E-state index in [1.54, 1.807) is 50.6 Å². The molecule has 0 atom stereocenters. The molecule has 0 saturated heterocycles. The first-order valence-electron chi connectivity index (χ1n) is 8.48. The van der Waals surface area contributed by atoms with E-state index in [4.69, 9.17) is 14.2 Å². The van der Waals surface area contributed by atoms with E-state index >= 15 is 0 Å². The maximum Gasteiger partial charge on any atom is 0.263 e. The Labute approximate surface area is 162 Å². The van der Waals surface area contributed by atoms with Crippen LogP contribution in [0.25, 0.3) is 0 Å². The summed E-state index contributed by atoms with van der Waals surface area (Å²) < 4.78 is 15.9. The molecule has 8 heteroatoms. The smallest absolute Gasteiger partial charge is 0.263 e. The van der Waals surface area contributed by atoms with E-state index in [9.17, 15) is 4.79 Å². The molecular weight excluding hydrogens is 360 g/mol. The van der Waals surface area contributed by atoms with Gasteiger partial charge in [-0.2, -0.15) is 0 Å². The number of aromatic nitrogens is 2. The molecule has 28 heavy (non-hydrogen) atoms. The first kappa shape index (κ1) is 19.0. The molecule has 0 bridgehead atoms. The quantitative estimate of drug-likeness (QED) is 0.619. The van der Waals surface area contributed by atoms with Crippen LogP contribution in [0.4, 0.5) is 17.3 Å². The predicted octanol–water partition coefficient (Wildman–Crippen LogP) is 3.25. The maximum atomic E-state index is 11.9. The number of nitrogens with one attached hydrogen (secondary N) is 2. The summed E-state index contributed by atoms with van der Waals surface area (Å²) >= 11 is 0. The normalized spacial score (nSPS) is 10.1. The number of para-hydroxylation sites is 1. The summed E-state index contributed by atoms with van der Waals surface area (Å²) in [4.78, 5) is 11.9. The third kappa shape index (κ3) is 5.10. The second-order valence-electron chi connectivity index (χ2n) is 5.65. The fourth-order valence-electron chi connectivity index (χ4n) is 2.37. The van der Waals surface area contributed by atoms with Crippen LogP contribution in [0.2, 0.25) is 0 Å². The van der Waals surface area contributed by atoms with Crippen molar-refractivity contribution in [3.05, 3.63) is 60.7 Å². The number of anilines is 3. The highest BCUT2D eigenvalue weighted by Crippen LogP contribution is 2.30. The maximum absolute atomic E-state index is 11.9. The molecule has 2 aromatic carbocycles. The lowest BCUT2D eigenvalue weighted by atomic mass is 10.2. The van der Waals surface area contributed by atoms with Crippen LogP contribution in [-0.4, -0.2) is 36.9 Å². The molecule has 0 aliphatic heterocycles. The van der Waals surface area contributed by atoms with E-state index in [1.807, 2.05) is 24.3 Å². The van der Waals surface area contributed by atoms with E-state index in [1.165, 1.54) is 0 Å². The number of carbonyl (C=O) groups excluding carboxylic acids is 1. The molecule has 0 unspecified atom stereocenters. The van der Waals surface area contributed by atoms with Crippen LogP contribution in [0.15, 0.2) is 60.7 Å². The number of hydrogen-bond donors (Lipinski definition) is 2. The number of hydrogen-bond acceptors (Lipinski definition) is 7. The van der Waals surface area contributed by atoms with Crippen molar-refractivity contribution < 1.29 is 19.0 Å². The van der Waals surface area contributed by atoms with Crippen LogP contribution in [0.1, 0.15) is 0 Å². The fourth-order valence-corrected chi connectivity index (χ4v) is 2.37. The molecular formula is C20H20N4O4. The Balaban J connectivity index is 1.55. The van der Waals surface area contributed by atoms with Crippen molar-refractivity contribution in [1.29, 1.82) is 0 Å². The zero-order valence-corrected chi connectivity index (χ0v) is 15.5. The van der Waals surface area contributed by atoms with Crippen molar-refractivity contribution in [3.8, 4) is 17.2 Å². The average molecular weight is 380 g/mol. The number of benzene rings is 2. The van der Waals surface area contributed by atoms with Gasteiger partial charge in [-0.1, -0.05) is 18.2 Å². The second-order valence-corrected chi connectivity index (χ2v) is 5.65. The van der Waals surface area contributed by atoms with Gasteiger partial charge in [0, 0.05) is 11.8 Å². The molecule has 0 spiro atoms. The third-order valence-electron chi connectivity index (χ3n) is 3.70. The molecule has 0 saturated carbocycles. The van der Waals surface area contributed by atoms with E-state index in [0.29, 0.717) is 28.9 Å². The van der Waals surface area contributed by atoms with Crippen LogP contribution in [-0.2, 0) is 4.79 Å². The number of nitrogens with zero attached hydrogens (tertiary/aromatic N) is 2. The van der Waals surface area contributed by atoms with Crippen LogP contribution < -0.4 is 24.8 Å². The van der Waals surface area contributed by atoms with Crippen molar-refractivity contribution in [2.75, 3.05) is 31.5 Å². The summed E-state index contributed by atoms with van der Waals surface area (Å²) in [5, 5.41) is 13.8. The number of carbonyl (C=O) groups is 1. The Bertz CT molecular complexity index is 917. The van der Waals surface area contributed by atoms with Gasteiger partial charge in [-0.05, 0) is 36.4 Å². The van der Waals surface area contributed by atoms with Crippen molar-refractivity contribution in [2.45, 2.75) is 0 Å². The number of rotatable bonds is 8. The van der Waals surface area contributed by atoms with Crippen molar-refractivity contribution in [3.63, 3.8) is 0 Å². The minimum Gasteiger partial charge on any atom is -0.493 e. The number of amides is 1. The van der Waals surface area contributed by atoms with E-state index in [-0.39, 0.29) is 12.5 Å². The largest absolute Gasteiger partial charge is 0.493 e. The lowest BCUT2D eigenvalue weighted by Gasteiger charge is -2.11. The molecule has 8 nitrogen and oxygen atoms in total. The van der Waals surface area contributed by atoms with Crippen LogP contribution >= 0.6 is 0 Å². The summed E-state index contributed by atoms with van der Waals surface area (Å²) in [6.45, 7) is -0.114. The Hall–Kier alpha value is -3.81. The standard InChI is InChI=1S/C20H20N4O4/c1-26-16-9-8-14(12-17(16)27-2)21-18-10-11-19(24-23-18)22-20(25)13-28-15-6-4-3-5-7-15/h3-12H,13H2,1-2H3,(H,21,23)(H,22,24,25).